The van der Waals surface area contributed by atoms with Gasteiger partial charge in [-0.15, -0.1) is 6.42 Å². The third-order valence-corrected chi connectivity index (χ3v) is 2.20. The first-order valence-corrected chi connectivity index (χ1v) is 4.55. The highest BCUT2D eigenvalue weighted by Crippen LogP contribution is 2.26. The van der Waals surface area contributed by atoms with E-state index in [9.17, 15) is 10.1 Å². The molecule has 0 aromatic heterocycles. The minimum atomic E-state index is -0.449. The van der Waals surface area contributed by atoms with Crippen molar-refractivity contribution in [2.75, 3.05) is 11.9 Å². The summed E-state index contributed by atoms with van der Waals surface area (Å²) in [4.78, 5) is 9.96. The van der Waals surface area contributed by atoms with Gasteiger partial charge >= 0.3 is 0 Å². The zero-order valence-corrected chi connectivity index (χ0v) is 8.74. The molecule has 1 aromatic rings. The number of rotatable bonds is 3. The fourth-order valence-corrected chi connectivity index (χ4v) is 1.41. The standard InChI is InChI=1S/C9H7BrN2O2/c1-2-5-11-9-4-3-7(12(13)14)6-8(9)10/h1,3-4,6,11H,5H2. The summed E-state index contributed by atoms with van der Waals surface area (Å²) in [6.07, 6.45) is 5.07. The van der Waals surface area contributed by atoms with Crippen LogP contribution in [0.1, 0.15) is 0 Å². The Morgan fingerprint density at radius 2 is 2.36 bits per heavy atom. The molecule has 1 N–H and O–H groups in total. The second-order valence-electron chi connectivity index (χ2n) is 2.48. The van der Waals surface area contributed by atoms with Crippen molar-refractivity contribution in [1.29, 1.82) is 0 Å². The predicted molar refractivity (Wildman–Crippen MR) is 58.1 cm³/mol. The second-order valence-corrected chi connectivity index (χ2v) is 3.33. The van der Waals surface area contributed by atoms with E-state index in [0.29, 0.717) is 11.0 Å². The number of nitro benzene ring substituents is 1. The molecule has 1 rings (SSSR count). The highest BCUT2D eigenvalue weighted by atomic mass is 79.9. The van der Waals surface area contributed by atoms with Crippen molar-refractivity contribution in [2.45, 2.75) is 0 Å². The maximum Gasteiger partial charge on any atom is 0.270 e. The minimum Gasteiger partial charge on any atom is -0.373 e. The van der Waals surface area contributed by atoms with Crippen LogP contribution >= 0.6 is 15.9 Å². The van der Waals surface area contributed by atoms with E-state index >= 15 is 0 Å². The molecule has 0 aliphatic rings. The van der Waals surface area contributed by atoms with Crippen LogP contribution in [-0.4, -0.2) is 11.5 Å². The molecule has 0 aliphatic heterocycles. The van der Waals surface area contributed by atoms with E-state index in [-0.39, 0.29) is 5.69 Å². The highest BCUT2D eigenvalue weighted by Gasteiger charge is 2.07. The SMILES string of the molecule is C#CCNc1ccc([N+](=O)[O-])cc1Br. The number of hydrogen-bond donors (Lipinski definition) is 1. The van der Waals surface area contributed by atoms with Crippen LogP contribution in [-0.2, 0) is 0 Å². The summed E-state index contributed by atoms with van der Waals surface area (Å²) in [5.41, 5.74) is 0.789. The molecular formula is C9H7BrN2O2. The lowest BCUT2D eigenvalue weighted by molar-refractivity contribution is -0.384. The Morgan fingerprint density at radius 1 is 1.64 bits per heavy atom. The van der Waals surface area contributed by atoms with Crippen LogP contribution in [0.25, 0.3) is 0 Å². The van der Waals surface area contributed by atoms with Crippen molar-refractivity contribution >= 4 is 27.3 Å². The molecule has 0 saturated carbocycles. The molecule has 4 nitrogen and oxygen atoms in total. The normalized spacial score (nSPS) is 9.14. The van der Waals surface area contributed by atoms with Crippen LogP contribution in [0.3, 0.4) is 0 Å². The van der Waals surface area contributed by atoms with Gasteiger partial charge in [0.1, 0.15) is 0 Å². The molecule has 72 valence electrons. The van der Waals surface area contributed by atoms with Crippen molar-refractivity contribution < 1.29 is 4.92 Å². The number of terminal acetylenes is 1. The van der Waals surface area contributed by atoms with Gasteiger partial charge < -0.3 is 5.32 Å². The number of non-ortho nitro benzene ring substituents is 1. The monoisotopic (exact) mass is 254 g/mol. The number of halogens is 1. The summed E-state index contributed by atoms with van der Waals surface area (Å²) < 4.78 is 0.627. The summed E-state index contributed by atoms with van der Waals surface area (Å²) >= 11 is 3.21. The van der Waals surface area contributed by atoms with E-state index < -0.39 is 4.92 Å². The van der Waals surface area contributed by atoms with Crippen LogP contribution in [0, 0.1) is 22.5 Å². The van der Waals surface area contributed by atoms with Gasteiger partial charge in [0.15, 0.2) is 0 Å². The quantitative estimate of drug-likeness (QED) is 0.512. The van der Waals surface area contributed by atoms with E-state index in [1.54, 1.807) is 6.07 Å². The molecule has 0 unspecified atom stereocenters. The van der Waals surface area contributed by atoms with Crippen LogP contribution in [0.4, 0.5) is 11.4 Å². The summed E-state index contributed by atoms with van der Waals surface area (Å²) in [5.74, 6) is 2.41. The second kappa shape index (κ2) is 4.63. The van der Waals surface area contributed by atoms with Gasteiger partial charge in [-0.1, -0.05) is 5.92 Å². The number of hydrogen-bond acceptors (Lipinski definition) is 3. The zero-order valence-electron chi connectivity index (χ0n) is 7.16. The van der Waals surface area contributed by atoms with E-state index in [1.165, 1.54) is 12.1 Å². The fraction of sp³-hybridized carbons (Fsp3) is 0.111. The van der Waals surface area contributed by atoms with E-state index in [1.807, 2.05) is 0 Å². The molecule has 0 amide bonds. The Bertz CT molecular complexity index is 398. The first-order valence-electron chi connectivity index (χ1n) is 3.76. The Morgan fingerprint density at radius 3 is 2.86 bits per heavy atom. The van der Waals surface area contributed by atoms with E-state index in [2.05, 4.69) is 27.2 Å². The van der Waals surface area contributed by atoms with Crippen molar-refractivity contribution in [2.24, 2.45) is 0 Å². The number of nitrogens with zero attached hydrogens (tertiary/aromatic N) is 1. The molecule has 0 fully saturated rings. The van der Waals surface area contributed by atoms with E-state index in [0.717, 1.165) is 5.69 Å². The number of nitro groups is 1. The fourth-order valence-electron chi connectivity index (χ4n) is 0.907. The minimum absolute atomic E-state index is 0.0446. The van der Waals surface area contributed by atoms with Gasteiger partial charge in [0, 0.05) is 22.3 Å². The lowest BCUT2D eigenvalue weighted by atomic mass is 10.3. The molecule has 0 heterocycles. The highest BCUT2D eigenvalue weighted by molar-refractivity contribution is 9.10. The topological polar surface area (TPSA) is 55.2 Å². The van der Waals surface area contributed by atoms with Crippen LogP contribution in [0.5, 0.6) is 0 Å². The maximum atomic E-state index is 10.4. The van der Waals surface area contributed by atoms with Gasteiger partial charge in [0.05, 0.1) is 11.5 Å². The first-order chi connectivity index (χ1) is 6.65. The summed E-state index contributed by atoms with van der Waals surface area (Å²) in [6.45, 7) is 0.385. The third-order valence-electron chi connectivity index (χ3n) is 1.54. The predicted octanol–water partition coefficient (Wildman–Crippen LogP) is 2.40. The summed E-state index contributed by atoms with van der Waals surface area (Å²) in [6, 6.07) is 4.46. The lowest BCUT2D eigenvalue weighted by Gasteiger charge is -2.04. The number of nitrogens with one attached hydrogen (secondary N) is 1. The van der Waals surface area contributed by atoms with Crippen LogP contribution < -0.4 is 5.32 Å². The molecule has 0 bridgehead atoms. The Labute approximate surface area is 89.6 Å². The molecule has 0 radical (unpaired) electrons. The van der Waals surface area contributed by atoms with Crippen molar-refractivity contribution in [3.05, 3.63) is 32.8 Å². The molecule has 0 spiro atoms. The van der Waals surface area contributed by atoms with Crippen molar-refractivity contribution in [3.8, 4) is 12.3 Å². The largest absolute Gasteiger partial charge is 0.373 e. The molecule has 0 saturated heterocycles. The van der Waals surface area contributed by atoms with Crippen LogP contribution in [0.2, 0.25) is 0 Å². The van der Waals surface area contributed by atoms with Gasteiger partial charge in [-0.3, -0.25) is 10.1 Å². The van der Waals surface area contributed by atoms with Crippen molar-refractivity contribution in [1.82, 2.24) is 0 Å². The molecular weight excluding hydrogens is 248 g/mol. The lowest BCUT2D eigenvalue weighted by Crippen LogP contribution is -1.99. The molecule has 0 aliphatic carbocycles. The number of benzene rings is 1. The van der Waals surface area contributed by atoms with Gasteiger partial charge in [-0.2, -0.15) is 0 Å². The Kier molecular flexibility index (Phi) is 3.48. The summed E-state index contributed by atoms with van der Waals surface area (Å²) in [7, 11) is 0. The smallest absolute Gasteiger partial charge is 0.270 e. The van der Waals surface area contributed by atoms with Crippen LogP contribution in [0.15, 0.2) is 22.7 Å². The molecule has 5 heteroatoms. The van der Waals surface area contributed by atoms with Gasteiger partial charge in [-0.25, -0.2) is 0 Å². The first kappa shape index (κ1) is 10.5. The van der Waals surface area contributed by atoms with Gasteiger partial charge in [0.25, 0.3) is 5.69 Å². The average molecular weight is 255 g/mol. The Hall–Kier alpha value is -1.54. The van der Waals surface area contributed by atoms with Crippen molar-refractivity contribution in [3.63, 3.8) is 0 Å². The molecule has 1 aromatic carbocycles. The van der Waals surface area contributed by atoms with E-state index in [4.69, 9.17) is 6.42 Å². The van der Waals surface area contributed by atoms with Gasteiger partial charge in [0.2, 0.25) is 0 Å². The third kappa shape index (κ3) is 2.47. The Balaban J connectivity index is 2.91. The van der Waals surface area contributed by atoms with Gasteiger partial charge in [-0.05, 0) is 22.0 Å². The molecule has 14 heavy (non-hydrogen) atoms. The molecule has 0 atom stereocenters. The number of anilines is 1. The average Bonchev–Trinajstić information content (AvgIpc) is 2.15. The summed E-state index contributed by atoms with van der Waals surface area (Å²) in [5, 5.41) is 13.3. The zero-order chi connectivity index (χ0) is 10.6. The maximum absolute atomic E-state index is 10.4.